The maximum Gasteiger partial charge on any atom is 0.243 e. The molecule has 0 spiro atoms. The fraction of sp³-hybridized carbons (Fsp3) is 0.467. The van der Waals surface area contributed by atoms with Crippen LogP contribution < -0.4 is 25.8 Å². The molecule has 0 aliphatic rings. The number of halogens is 1. The topological polar surface area (TPSA) is 103 Å². The predicted molar refractivity (Wildman–Crippen MR) is 99.4 cm³/mol. The summed E-state index contributed by atoms with van der Waals surface area (Å²) < 4.78 is 10.3. The van der Waals surface area contributed by atoms with Gasteiger partial charge >= 0.3 is 0 Å². The lowest BCUT2D eigenvalue weighted by Gasteiger charge is -2.12. The van der Waals surface area contributed by atoms with Gasteiger partial charge in [-0.05, 0) is 18.4 Å². The van der Waals surface area contributed by atoms with E-state index in [2.05, 4.69) is 10.6 Å². The van der Waals surface area contributed by atoms with E-state index in [0.717, 1.165) is 5.75 Å². The Labute approximate surface area is 152 Å². The van der Waals surface area contributed by atoms with Crippen LogP contribution in [0.2, 0.25) is 0 Å². The molecule has 0 heterocycles. The van der Waals surface area contributed by atoms with Crippen molar-refractivity contribution in [3.63, 3.8) is 0 Å². The second-order valence-electron chi connectivity index (χ2n) is 4.76. The highest BCUT2D eigenvalue weighted by atomic mass is 35.5. The molecule has 7 nitrogen and oxygen atoms in total. The normalized spacial score (nSPS) is 11.0. The van der Waals surface area contributed by atoms with Crippen molar-refractivity contribution in [1.29, 1.82) is 0 Å². The van der Waals surface area contributed by atoms with Crippen LogP contribution in [-0.4, -0.2) is 50.6 Å². The number of carbonyl (C=O) groups is 2. The molecule has 0 unspecified atom stereocenters. The first-order valence-electron chi connectivity index (χ1n) is 7.05. The molecule has 1 aromatic carbocycles. The highest BCUT2D eigenvalue weighted by molar-refractivity contribution is 7.98. The molecule has 0 fully saturated rings. The first-order chi connectivity index (χ1) is 11.0. The third-order valence-electron chi connectivity index (χ3n) is 3.03. The van der Waals surface area contributed by atoms with Crippen molar-refractivity contribution in [3.05, 3.63) is 18.2 Å². The molecular weight excluding hydrogens is 354 g/mol. The Kier molecular flexibility index (Phi) is 11.0. The van der Waals surface area contributed by atoms with Gasteiger partial charge in [0.25, 0.3) is 0 Å². The molecule has 2 amide bonds. The fourth-order valence-electron chi connectivity index (χ4n) is 1.76. The van der Waals surface area contributed by atoms with Crippen molar-refractivity contribution in [1.82, 2.24) is 5.32 Å². The number of amides is 2. The van der Waals surface area contributed by atoms with Crippen LogP contribution in [0.4, 0.5) is 5.69 Å². The number of rotatable bonds is 9. The first kappa shape index (κ1) is 22.4. The lowest BCUT2D eigenvalue weighted by molar-refractivity contribution is -0.125. The molecule has 0 aliphatic carbocycles. The van der Waals surface area contributed by atoms with Gasteiger partial charge in [-0.15, -0.1) is 12.4 Å². The number of nitrogens with one attached hydrogen (secondary N) is 2. The zero-order valence-electron chi connectivity index (χ0n) is 14.0. The number of hydrogen-bond acceptors (Lipinski definition) is 6. The summed E-state index contributed by atoms with van der Waals surface area (Å²) in [4.78, 5) is 23.6. The van der Waals surface area contributed by atoms with Gasteiger partial charge in [0, 0.05) is 23.9 Å². The Hall–Kier alpha value is -1.64. The van der Waals surface area contributed by atoms with Gasteiger partial charge < -0.3 is 25.8 Å². The molecule has 24 heavy (non-hydrogen) atoms. The molecule has 136 valence electrons. The number of ether oxygens (including phenoxy) is 2. The fourth-order valence-corrected chi connectivity index (χ4v) is 2.25. The summed E-state index contributed by atoms with van der Waals surface area (Å²) in [6.07, 6.45) is 2.52. The Bertz CT molecular complexity index is 523. The van der Waals surface area contributed by atoms with E-state index in [0.29, 0.717) is 23.6 Å². The Morgan fingerprint density at radius 3 is 2.29 bits per heavy atom. The maximum atomic E-state index is 11.9. The standard InChI is InChI=1S/C15H23N3O4S.ClH/c1-21-11-6-10(7-12(8-11)22-2)18-14(19)9-17-15(20)13(16)4-5-23-3;/h6-8,13H,4-5,9,16H2,1-3H3,(H,17,20)(H,18,19);1H/t13-;/m0./s1. The summed E-state index contributed by atoms with van der Waals surface area (Å²) in [6.45, 7) is -0.147. The number of benzene rings is 1. The van der Waals surface area contributed by atoms with Gasteiger partial charge in [-0.3, -0.25) is 9.59 Å². The van der Waals surface area contributed by atoms with E-state index in [1.165, 1.54) is 14.2 Å². The highest BCUT2D eigenvalue weighted by Crippen LogP contribution is 2.25. The molecule has 0 saturated carbocycles. The van der Waals surface area contributed by atoms with Crippen molar-refractivity contribution in [2.45, 2.75) is 12.5 Å². The number of nitrogens with two attached hydrogens (primary N) is 1. The average Bonchev–Trinajstić information content (AvgIpc) is 2.56. The summed E-state index contributed by atoms with van der Waals surface area (Å²) in [5, 5.41) is 5.19. The lowest BCUT2D eigenvalue weighted by Crippen LogP contribution is -2.43. The minimum atomic E-state index is -0.604. The highest BCUT2D eigenvalue weighted by Gasteiger charge is 2.14. The van der Waals surface area contributed by atoms with E-state index in [-0.39, 0.29) is 30.8 Å². The minimum Gasteiger partial charge on any atom is -0.497 e. The van der Waals surface area contributed by atoms with Crippen LogP contribution in [0, 0.1) is 0 Å². The van der Waals surface area contributed by atoms with Crippen LogP contribution >= 0.6 is 24.2 Å². The number of hydrogen-bond donors (Lipinski definition) is 3. The molecular formula is C15H24ClN3O4S. The van der Waals surface area contributed by atoms with Crippen molar-refractivity contribution in [2.75, 3.05) is 38.1 Å². The average molecular weight is 378 g/mol. The SMILES string of the molecule is COc1cc(NC(=O)CNC(=O)[C@@H](N)CCSC)cc(OC)c1.Cl. The molecule has 4 N–H and O–H groups in total. The molecule has 0 aliphatic heterocycles. The molecule has 1 rings (SSSR count). The zero-order valence-corrected chi connectivity index (χ0v) is 15.6. The maximum absolute atomic E-state index is 11.9. The molecule has 1 atom stereocenters. The van der Waals surface area contributed by atoms with Gasteiger partial charge in [-0.1, -0.05) is 0 Å². The van der Waals surface area contributed by atoms with Gasteiger partial charge in [0.2, 0.25) is 11.8 Å². The van der Waals surface area contributed by atoms with Crippen molar-refractivity contribution < 1.29 is 19.1 Å². The van der Waals surface area contributed by atoms with E-state index in [1.807, 2.05) is 6.26 Å². The van der Waals surface area contributed by atoms with Crippen molar-refractivity contribution in [2.24, 2.45) is 5.73 Å². The van der Waals surface area contributed by atoms with Crippen molar-refractivity contribution in [3.8, 4) is 11.5 Å². The number of methoxy groups -OCH3 is 2. The molecule has 0 bridgehead atoms. The summed E-state index contributed by atoms with van der Waals surface area (Å²) in [6, 6.07) is 4.41. The summed E-state index contributed by atoms with van der Waals surface area (Å²) in [7, 11) is 3.05. The molecule has 0 aromatic heterocycles. The summed E-state index contributed by atoms with van der Waals surface area (Å²) in [5.74, 6) is 1.22. The third kappa shape index (κ3) is 7.76. The van der Waals surface area contributed by atoms with E-state index >= 15 is 0 Å². The molecule has 0 radical (unpaired) electrons. The Morgan fingerprint density at radius 2 is 1.79 bits per heavy atom. The van der Waals surface area contributed by atoms with Crippen LogP contribution in [0.25, 0.3) is 0 Å². The first-order valence-corrected chi connectivity index (χ1v) is 8.44. The smallest absolute Gasteiger partial charge is 0.243 e. The summed E-state index contributed by atoms with van der Waals surface area (Å²) >= 11 is 1.62. The second-order valence-corrected chi connectivity index (χ2v) is 5.74. The Morgan fingerprint density at radius 1 is 1.21 bits per heavy atom. The van der Waals surface area contributed by atoms with E-state index in [9.17, 15) is 9.59 Å². The molecule has 9 heteroatoms. The minimum absolute atomic E-state index is 0. The van der Waals surface area contributed by atoms with Crippen LogP contribution in [0.3, 0.4) is 0 Å². The quantitative estimate of drug-likeness (QED) is 0.598. The summed E-state index contributed by atoms with van der Waals surface area (Å²) in [5.41, 5.74) is 6.25. The lowest BCUT2D eigenvalue weighted by atomic mass is 10.2. The molecule has 1 aromatic rings. The Balaban J connectivity index is 0.00000529. The number of thioether (sulfide) groups is 1. The van der Waals surface area contributed by atoms with Crippen LogP contribution in [0.15, 0.2) is 18.2 Å². The van der Waals surface area contributed by atoms with Gasteiger partial charge in [0.1, 0.15) is 11.5 Å². The van der Waals surface area contributed by atoms with E-state index in [1.54, 1.807) is 30.0 Å². The van der Waals surface area contributed by atoms with Crippen LogP contribution in [0.1, 0.15) is 6.42 Å². The van der Waals surface area contributed by atoms with Gasteiger partial charge in [-0.25, -0.2) is 0 Å². The molecule has 0 saturated heterocycles. The zero-order chi connectivity index (χ0) is 17.2. The monoisotopic (exact) mass is 377 g/mol. The number of carbonyl (C=O) groups excluding carboxylic acids is 2. The van der Waals surface area contributed by atoms with Crippen LogP contribution in [0.5, 0.6) is 11.5 Å². The van der Waals surface area contributed by atoms with Gasteiger partial charge in [0.15, 0.2) is 0 Å². The third-order valence-corrected chi connectivity index (χ3v) is 3.67. The van der Waals surface area contributed by atoms with Gasteiger partial charge in [-0.2, -0.15) is 11.8 Å². The van der Waals surface area contributed by atoms with Crippen molar-refractivity contribution >= 4 is 41.7 Å². The number of anilines is 1. The van der Waals surface area contributed by atoms with Crippen LogP contribution in [-0.2, 0) is 9.59 Å². The predicted octanol–water partition coefficient (Wildman–Crippen LogP) is 1.26. The largest absolute Gasteiger partial charge is 0.497 e. The second kappa shape index (κ2) is 11.8. The van der Waals surface area contributed by atoms with Gasteiger partial charge in [0.05, 0.1) is 26.8 Å². The van der Waals surface area contributed by atoms with E-state index < -0.39 is 6.04 Å². The van der Waals surface area contributed by atoms with E-state index in [4.69, 9.17) is 15.2 Å².